The summed E-state index contributed by atoms with van der Waals surface area (Å²) < 4.78 is 83.6. The number of nitrogens with one attached hydrogen (secondary N) is 2. The first kappa shape index (κ1) is 39.0. The smallest absolute Gasteiger partial charge is 0.464 e. The molecule has 0 bridgehead atoms. The number of hydrogen-bond donors (Lipinski definition) is 2. The quantitative estimate of drug-likeness (QED) is 0.126. The monoisotopic (exact) mass is 807 g/mol. The van der Waals surface area contributed by atoms with Crippen molar-refractivity contribution in [2.75, 3.05) is 13.7 Å². The molecule has 0 aliphatic carbocycles. The highest BCUT2D eigenvalue weighted by atomic mass is 32.1. The number of amides is 2. The molecule has 3 aromatic heterocycles. The van der Waals surface area contributed by atoms with Crippen LogP contribution in [0.4, 0.5) is 22.4 Å². The van der Waals surface area contributed by atoms with E-state index in [0.29, 0.717) is 64.4 Å². The molecule has 11 nitrogen and oxygen atoms in total. The van der Waals surface area contributed by atoms with Gasteiger partial charge in [0.1, 0.15) is 28.3 Å². The van der Waals surface area contributed by atoms with Crippen molar-refractivity contribution in [3.63, 3.8) is 0 Å². The summed E-state index contributed by atoms with van der Waals surface area (Å²) in [6.45, 7) is 11.9. The van der Waals surface area contributed by atoms with Crippen LogP contribution in [0.25, 0.3) is 33.4 Å². The number of fused-ring (bicyclic) bond motifs is 5. The number of benzene rings is 2. The number of methoxy groups -OCH3 is 1. The Balaban J connectivity index is 1.17. The number of carbonyl (C=O) groups is 2. The molecule has 2 amide bonds. The van der Waals surface area contributed by atoms with E-state index >= 15 is 4.39 Å². The minimum atomic E-state index is -4.56. The van der Waals surface area contributed by atoms with Crippen molar-refractivity contribution in [2.45, 2.75) is 90.1 Å². The third-order valence-electron chi connectivity index (χ3n) is 11.5. The SMILES string of the molecule is COC(=O)NC(C(=O)N1CCCC1c1ncc(-c2cc(F)c3c(c2)OC(c2ccc(C(F)(F)F)s2)n2c-3cc3cc(B4OC(C)(C)C(C)(C)O4)ccc32)[nH]1)C(C)C. The Morgan fingerprint density at radius 1 is 1.07 bits per heavy atom. The Hall–Kier alpha value is -4.87. The minimum Gasteiger partial charge on any atom is -0.464 e. The van der Waals surface area contributed by atoms with Gasteiger partial charge < -0.3 is 34.0 Å². The average Bonchev–Trinajstić information content (AvgIpc) is 3.98. The maximum absolute atomic E-state index is 16.6. The van der Waals surface area contributed by atoms with Crippen LogP contribution in [0.3, 0.4) is 0 Å². The Labute approximate surface area is 330 Å². The normalized spacial score (nSPS) is 20.4. The maximum Gasteiger partial charge on any atom is 0.494 e. The van der Waals surface area contributed by atoms with Crippen LogP contribution in [0.15, 0.2) is 54.7 Å². The van der Waals surface area contributed by atoms with E-state index in [1.54, 1.807) is 27.8 Å². The van der Waals surface area contributed by atoms with Gasteiger partial charge in [-0.2, -0.15) is 13.2 Å². The second-order valence-corrected chi connectivity index (χ2v) is 17.2. The Morgan fingerprint density at radius 2 is 1.81 bits per heavy atom. The highest BCUT2D eigenvalue weighted by molar-refractivity contribution is 7.12. The van der Waals surface area contributed by atoms with Crippen molar-refractivity contribution >= 4 is 46.8 Å². The van der Waals surface area contributed by atoms with Gasteiger partial charge >= 0.3 is 19.4 Å². The molecule has 5 aromatic rings. The summed E-state index contributed by atoms with van der Waals surface area (Å²) in [5, 5.41) is 3.33. The number of carbonyl (C=O) groups excluding carboxylic acids is 2. The van der Waals surface area contributed by atoms with E-state index in [4.69, 9.17) is 18.8 Å². The fraction of sp³-hybridized carbons (Fsp3) is 0.425. The summed E-state index contributed by atoms with van der Waals surface area (Å²) >= 11 is 0.569. The zero-order valence-corrected chi connectivity index (χ0v) is 33.2. The van der Waals surface area contributed by atoms with Gasteiger partial charge in [-0.1, -0.05) is 26.0 Å². The van der Waals surface area contributed by atoms with Gasteiger partial charge in [0.25, 0.3) is 0 Å². The van der Waals surface area contributed by atoms with Gasteiger partial charge in [-0.15, -0.1) is 11.3 Å². The molecule has 0 saturated carbocycles. The summed E-state index contributed by atoms with van der Waals surface area (Å²) in [4.78, 5) is 34.7. The number of likely N-dealkylation sites (tertiary alicyclic amines) is 1. The molecule has 300 valence electrons. The molecule has 57 heavy (non-hydrogen) atoms. The predicted molar refractivity (Wildman–Crippen MR) is 207 cm³/mol. The van der Waals surface area contributed by atoms with Gasteiger partial charge in [0, 0.05) is 17.5 Å². The van der Waals surface area contributed by atoms with Gasteiger partial charge in [0.05, 0.1) is 57.9 Å². The van der Waals surface area contributed by atoms with Gasteiger partial charge in [0.2, 0.25) is 12.1 Å². The second-order valence-electron chi connectivity index (χ2n) is 16.0. The number of thiophene rings is 1. The summed E-state index contributed by atoms with van der Waals surface area (Å²) in [5.41, 5.74) is 1.63. The lowest BCUT2D eigenvalue weighted by Gasteiger charge is -2.32. The number of alkyl carbamates (subject to hydrolysis) is 1. The van der Waals surface area contributed by atoms with E-state index < -0.39 is 59.6 Å². The highest BCUT2D eigenvalue weighted by Gasteiger charge is 2.52. The molecule has 2 N–H and O–H groups in total. The third kappa shape index (κ3) is 6.76. The molecule has 2 aromatic carbocycles. The largest absolute Gasteiger partial charge is 0.494 e. The number of aromatic amines is 1. The van der Waals surface area contributed by atoms with Crippen LogP contribution in [-0.2, 0) is 25.0 Å². The standard InChI is InChI=1S/C40H42BF4N5O6S/c1-20(2)33(48-37(52)53-7)35(51)49-14-8-9-27(49)34-46-19-25(47-34)21-16-24(42)32-28-17-22-15-23(41-55-38(3,4)39(5,6)56-41)10-11-26(22)50(28)36(54-29(32)18-21)30-12-13-31(57-30)40(43,44)45/h10-13,15-20,27,33,36H,8-9,14H2,1-7H3,(H,46,47)(H,48,52). The second kappa shape index (κ2) is 13.9. The molecule has 0 radical (unpaired) electrons. The number of ether oxygens (including phenoxy) is 2. The van der Waals surface area contributed by atoms with Crippen molar-refractivity contribution in [2.24, 2.45) is 5.92 Å². The average molecular weight is 808 g/mol. The number of imidazole rings is 1. The number of hydrogen-bond acceptors (Lipinski definition) is 8. The lowest BCUT2D eigenvalue weighted by atomic mass is 9.78. The summed E-state index contributed by atoms with van der Waals surface area (Å²) in [6.07, 6.45) is -3.43. The molecule has 17 heteroatoms. The minimum absolute atomic E-state index is 0.140. The molecular weight excluding hydrogens is 765 g/mol. The molecule has 3 atom stereocenters. The van der Waals surface area contributed by atoms with E-state index in [1.165, 1.54) is 19.2 Å². The number of aromatic nitrogens is 3. The molecule has 0 spiro atoms. The zero-order valence-electron chi connectivity index (χ0n) is 32.4. The predicted octanol–water partition coefficient (Wildman–Crippen LogP) is 8.20. The van der Waals surface area contributed by atoms with Crippen LogP contribution in [0.2, 0.25) is 0 Å². The van der Waals surface area contributed by atoms with E-state index in [9.17, 15) is 22.8 Å². The van der Waals surface area contributed by atoms with Gasteiger partial charge in [0.15, 0.2) is 0 Å². The Kier molecular flexibility index (Phi) is 9.51. The van der Waals surface area contributed by atoms with E-state index in [1.807, 2.05) is 59.7 Å². The van der Waals surface area contributed by atoms with Crippen LogP contribution in [-0.4, -0.2) is 69.5 Å². The fourth-order valence-corrected chi connectivity index (χ4v) is 8.64. The lowest BCUT2D eigenvalue weighted by Crippen LogP contribution is -2.51. The first-order valence-corrected chi connectivity index (χ1v) is 19.6. The molecule has 6 heterocycles. The van der Waals surface area contributed by atoms with Crippen LogP contribution in [0.1, 0.15) is 82.2 Å². The van der Waals surface area contributed by atoms with Gasteiger partial charge in [-0.25, -0.2) is 14.2 Å². The van der Waals surface area contributed by atoms with Crippen LogP contribution < -0.4 is 15.5 Å². The zero-order chi connectivity index (χ0) is 40.8. The van der Waals surface area contributed by atoms with E-state index in [-0.39, 0.29) is 28.0 Å². The van der Waals surface area contributed by atoms with Crippen molar-refractivity contribution in [3.05, 3.63) is 76.1 Å². The molecule has 2 fully saturated rings. The molecule has 3 unspecified atom stereocenters. The van der Waals surface area contributed by atoms with Gasteiger partial charge in [-0.05, 0) is 88.3 Å². The van der Waals surface area contributed by atoms with Crippen LogP contribution in [0, 0.1) is 11.7 Å². The van der Waals surface area contributed by atoms with Crippen molar-refractivity contribution in [3.8, 4) is 28.3 Å². The number of rotatable bonds is 7. The number of alkyl halides is 3. The molecule has 8 rings (SSSR count). The number of H-pyrrole nitrogens is 1. The van der Waals surface area contributed by atoms with Crippen molar-refractivity contribution in [1.82, 2.24) is 24.8 Å². The summed E-state index contributed by atoms with van der Waals surface area (Å²) in [7, 11) is 0.572. The lowest BCUT2D eigenvalue weighted by molar-refractivity contribution is -0.135. The Morgan fingerprint density at radius 3 is 2.47 bits per heavy atom. The fourth-order valence-electron chi connectivity index (χ4n) is 7.75. The third-order valence-corrected chi connectivity index (χ3v) is 12.6. The number of halogens is 4. The van der Waals surface area contributed by atoms with E-state index in [2.05, 4.69) is 15.3 Å². The van der Waals surface area contributed by atoms with Crippen LogP contribution >= 0.6 is 11.3 Å². The first-order chi connectivity index (χ1) is 26.9. The molecular formula is C40H42BF4N5O6S. The Bertz CT molecular complexity index is 2370. The highest BCUT2D eigenvalue weighted by Crippen LogP contribution is 2.49. The first-order valence-electron chi connectivity index (χ1n) is 18.7. The molecule has 3 aliphatic heterocycles. The van der Waals surface area contributed by atoms with Crippen molar-refractivity contribution in [1.29, 1.82) is 0 Å². The van der Waals surface area contributed by atoms with Gasteiger partial charge in [-0.3, -0.25) is 9.36 Å². The summed E-state index contributed by atoms with van der Waals surface area (Å²) in [6, 6.07) is 11.5. The van der Waals surface area contributed by atoms with Crippen LogP contribution in [0.5, 0.6) is 5.75 Å². The molecule has 2 saturated heterocycles. The van der Waals surface area contributed by atoms with Crippen molar-refractivity contribution < 1.29 is 45.9 Å². The van der Waals surface area contributed by atoms with E-state index in [0.717, 1.165) is 11.5 Å². The number of nitrogens with zero attached hydrogens (tertiary/aromatic N) is 3. The molecule has 3 aliphatic rings. The summed E-state index contributed by atoms with van der Waals surface area (Å²) in [5.74, 6) is -0.459. The topological polar surface area (TPSA) is 120 Å². The maximum atomic E-state index is 16.6.